The summed E-state index contributed by atoms with van der Waals surface area (Å²) in [6.45, 7) is 1.45. The lowest BCUT2D eigenvalue weighted by Crippen LogP contribution is -2.50. The summed E-state index contributed by atoms with van der Waals surface area (Å²) in [5, 5.41) is 11.3. The molecular weight excluding hydrogens is 238 g/mol. The maximum Gasteiger partial charge on any atom is 0.230 e. The van der Waals surface area contributed by atoms with Gasteiger partial charge in [-0.15, -0.1) is 0 Å². The van der Waals surface area contributed by atoms with Gasteiger partial charge in [0, 0.05) is 25.2 Å². The van der Waals surface area contributed by atoms with Crippen molar-refractivity contribution in [3.63, 3.8) is 0 Å². The molecule has 0 radical (unpaired) electrons. The standard InChI is InChI=1S/C11H19N3O2S/c1-8(7-12)17(15,16)14(2)11-5-9-3-4-10(6-11)13-9/h8-11,13H,3-6H2,1-2H3. The molecule has 5 nitrogen and oxygen atoms in total. The molecule has 0 aromatic carbocycles. The van der Waals surface area contributed by atoms with E-state index in [1.165, 1.54) is 11.2 Å². The maximum absolute atomic E-state index is 12.1. The molecule has 0 aromatic rings. The molecule has 6 heteroatoms. The number of fused-ring (bicyclic) bond motifs is 2. The summed E-state index contributed by atoms with van der Waals surface area (Å²) in [6, 6.07) is 2.77. The van der Waals surface area contributed by atoms with E-state index in [0.29, 0.717) is 12.1 Å². The summed E-state index contributed by atoms with van der Waals surface area (Å²) < 4.78 is 25.6. The van der Waals surface area contributed by atoms with Crippen LogP contribution in [0.25, 0.3) is 0 Å². The zero-order valence-electron chi connectivity index (χ0n) is 10.3. The van der Waals surface area contributed by atoms with E-state index in [1.54, 1.807) is 7.05 Å². The first kappa shape index (κ1) is 12.8. The molecule has 0 saturated carbocycles. The van der Waals surface area contributed by atoms with Crippen LogP contribution in [0.3, 0.4) is 0 Å². The predicted octanol–water partition coefficient (Wildman–Crippen LogP) is 0.443. The van der Waals surface area contributed by atoms with Crippen LogP contribution in [0.2, 0.25) is 0 Å². The van der Waals surface area contributed by atoms with Crippen molar-refractivity contribution >= 4 is 10.0 Å². The van der Waals surface area contributed by atoms with E-state index >= 15 is 0 Å². The highest BCUT2D eigenvalue weighted by Crippen LogP contribution is 2.30. The molecule has 0 spiro atoms. The molecule has 2 aliphatic rings. The molecule has 96 valence electrons. The fourth-order valence-electron chi connectivity index (χ4n) is 2.85. The van der Waals surface area contributed by atoms with E-state index in [-0.39, 0.29) is 6.04 Å². The minimum atomic E-state index is -3.46. The van der Waals surface area contributed by atoms with Crippen LogP contribution < -0.4 is 5.32 Å². The van der Waals surface area contributed by atoms with Gasteiger partial charge in [-0.3, -0.25) is 0 Å². The molecule has 0 aliphatic carbocycles. The number of nitrogens with zero attached hydrogens (tertiary/aromatic N) is 2. The molecule has 17 heavy (non-hydrogen) atoms. The molecular formula is C11H19N3O2S. The van der Waals surface area contributed by atoms with Crippen molar-refractivity contribution in [1.29, 1.82) is 5.26 Å². The van der Waals surface area contributed by atoms with Crippen LogP contribution in [-0.4, -0.2) is 43.1 Å². The molecule has 2 fully saturated rings. The van der Waals surface area contributed by atoms with Gasteiger partial charge in [-0.1, -0.05) is 0 Å². The lowest BCUT2D eigenvalue weighted by atomic mass is 10.0. The molecule has 2 aliphatic heterocycles. The Hall–Kier alpha value is -0.640. The van der Waals surface area contributed by atoms with Gasteiger partial charge in [0.1, 0.15) is 0 Å². The fraction of sp³-hybridized carbons (Fsp3) is 0.909. The van der Waals surface area contributed by atoms with Crippen molar-refractivity contribution in [2.24, 2.45) is 0 Å². The topological polar surface area (TPSA) is 73.2 Å². The van der Waals surface area contributed by atoms with E-state index in [0.717, 1.165) is 25.7 Å². The Kier molecular flexibility index (Phi) is 3.43. The monoisotopic (exact) mass is 257 g/mol. The Morgan fingerprint density at radius 3 is 2.35 bits per heavy atom. The van der Waals surface area contributed by atoms with Crippen LogP contribution in [0, 0.1) is 11.3 Å². The third kappa shape index (κ3) is 2.32. The van der Waals surface area contributed by atoms with Gasteiger partial charge in [0.15, 0.2) is 5.25 Å². The van der Waals surface area contributed by atoms with Crippen molar-refractivity contribution < 1.29 is 8.42 Å². The SMILES string of the molecule is CC(C#N)S(=O)(=O)N(C)C1CC2CCC(C1)N2. The van der Waals surface area contributed by atoms with Crippen molar-refractivity contribution in [2.45, 2.75) is 56.0 Å². The number of nitriles is 1. The summed E-state index contributed by atoms with van der Waals surface area (Å²) in [5.74, 6) is 0. The van der Waals surface area contributed by atoms with Gasteiger partial charge in [0.25, 0.3) is 0 Å². The third-order valence-corrected chi connectivity index (χ3v) is 6.09. The Balaban J connectivity index is 2.11. The summed E-state index contributed by atoms with van der Waals surface area (Å²) in [4.78, 5) is 0. The van der Waals surface area contributed by atoms with Crippen LogP contribution in [0.1, 0.15) is 32.6 Å². The smallest absolute Gasteiger partial charge is 0.230 e. The minimum absolute atomic E-state index is 0.0505. The second-order valence-corrected chi connectivity index (χ2v) is 7.41. The van der Waals surface area contributed by atoms with Crippen molar-refractivity contribution in [3.8, 4) is 6.07 Å². The summed E-state index contributed by atoms with van der Waals surface area (Å²) >= 11 is 0. The quantitative estimate of drug-likeness (QED) is 0.796. The minimum Gasteiger partial charge on any atom is -0.311 e. The van der Waals surface area contributed by atoms with Gasteiger partial charge >= 0.3 is 0 Å². The Morgan fingerprint density at radius 1 is 1.35 bits per heavy atom. The van der Waals surface area contributed by atoms with E-state index < -0.39 is 15.3 Å². The molecule has 3 unspecified atom stereocenters. The van der Waals surface area contributed by atoms with E-state index in [4.69, 9.17) is 5.26 Å². The van der Waals surface area contributed by atoms with Gasteiger partial charge in [0.2, 0.25) is 10.0 Å². The Labute approximate surface area is 103 Å². The number of nitrogens with one attached hydrogen (secondary N) is 1. The van der Waals surface area contributed by atoms with Crippen LogP contribution in [0.15, 0.2) is 0 Å². The van der Waals surface area contributed by atoms with Gasteiger partial charge in [-0.05, 0) is 32.6 Å². The highest BCUT2D eigenvalue weighted by molar-refractivity contribution is 7.89. The highest BCUT2D eigenvalue weighted by Gasteiger charge is 2.39. The molecule has 3 atom stereocenters. The predicted molar refractivity (Wildman–Crippen MR) is 64.7 cm³/mol. The molecule has 1 N–H and O–H groups in total. The Bertz CT molecular complexity index is 416. The van der Waals surface area contributed by atoms with Gasteiger partial charge in [-0.25, -0.2) is 12.7 Å². The first-order chi connectivity index (χ1) is 7.95. The molecule has 2 heterocycles. The summed E-state index contributed by atoms with van der Waals surface area (Å²) in [7, 11) is -1.85. The van der Waals surface area contributed by atoms with Crippen molar-refractivity contribution in [3.05, 3.63) is 0 Å². The highest BCUT2D eigenvalue weighted by atomic mass is 32.2. The second kappa shape index (κ2) is 4.56. The third-order valence-electron chi connectivity index (χ3n) is 3.99. The number of rotatable bonds is 3. The van der Waals surface area contributed by atoms with E-state index in [1.807, 2.05) is 6.07 Å². The van der Waals surface area contributed by atoms with E-state index in [9.17, 15) is 8.42 Å². The van der Waals surface area contributed by atoms with Crippen molar-refractivity contribution in [1.82, 2.24) is 9.62 Å². The summed E-state index contributed by atoms with van der Waals surface area (Å²) in [6.07, 6.45) is 4.01. The number of hydrogen-bond acceptors (Lipinski definition) is 4. The molecule has 2 rings (SSSR count). The van der Waals surface area contributed by atoms with Crippen LogP contribution in [0.4, 0.5) is 0 Å². The van der Waals surface area contributed by atoms with Crippen LogP contribution in [-0.2, 0) is 10.0 Å². The summed E-state index contributed by atoms with van der Waals surface area (Å²) in [5.41, 5.74) is 0. The van der Waals surface area contributed by atoms with Crippen LogP contribution >= 0.6 is 0 Å². The van der Waals surface area contributed by atoms with Crippen molar-refractivity contribution in [2.75, 3.05) is 7.05 Å². The first-order valence-corrected chi connectivity index (χ1v) is 7.58. The van der Waals surface area contributed by atoms with Gasteiger partial charge < -0.3 is 5.32 Å². The van der Waals surface area contributed by atoms with E-state index in [2.05, 4.69) is 5.32 Å². The lowest BCUT2D eigenvalue weighted by molar-refractivity contribution is 0.251. The molecule has 2 saturated heterocycles. The fourth-order valence-corrected chi connectivity index (χ4v) is 4.07. The largest absolute Gasteiger partial charge is 0.311 e. The average Bonchev–Trinajstić information content (AvgIpc) is 2.66. The Morgan fingerprint density at radius 2 is 1.88 bits per heavy atom. The number of hydrogen-bond donors (Lipinski definition) is 1. The van der Waals surface area contributed by atoms with Crippen LogP contribution in [0.5, 0.6) is 0 Å². The number of sulfonamides is 1. The molecule has 0 amide bonds. The zero-order chi connectivity index (χ0) is 12.6. The number of piperidine rings is 1. The van der Waals surface area contributed by atoms with Gasteiger partial charge in [0.05, 0.1) is 6.07 Å². The molecule has 0 aromatic heterocycles. The second-order valence-electron chi connectivity index (χ2n) is 5.10. The average molecular weight is 257 g/mol. The zero-order valence-corrected chi connectivity index (χ0v) is 11.1. The lowest BCUT2D eigenvalue weighted by Gasteiger charge is -2.35. The maximum atomic E-state index is 12.1. The molecule has 2 bridgehead atoms. The normalized spacial score (nSPS) is 34.6. The van der Waals surface area contributed by atoms with Gasteiger partial charge in [-0.2, -0.15) is 5.26 Å². The first-order valence-electron chi connectivity index (χ1n) is 6.07.